The van der Waals surface area contributed by atoms with Crippen molar-refractivity contribution in [3.05, 3.63) is 137 Å². The first kappa shape index (κ1) is 62.8. The molecule has 1 heterocycles. The maximum atomic E-state index is 16.0. The van der Waals surface area contributed by atoms with Gasteiger partial charge in [0.1, 0.15) is 45.2 Å². The van der Waals surface area contributed by atoms with Gasteiger partial charge in [-0.2, -0.15) is 45.4 Å². The fourth-order valence-corrected chi connectivity index (χ4v) is 7.97. The van der Waals surface area contributed by atoms with E-state index in [0.29, 0.717) is 28.8 Å². The summed E-state index contributed by atoms with van der Waals surface area (Å²) in [6.07, 6.45) is -0.0333. The molecule has 6 aromatic rings. The highest BCUT2D eigenvalue weighted by Gasteiger charge is 2.20. The number of halogens is 2. The molecule has 0 fully saturated rings. The van der Waals surface area contributed by atoms with E-state index in [9.17, 15) is 44.0 Å². The number of aliphatic hydroxyl groups is 1. The summed E-state index contributed by atoms with van der Waals surface area (Å²) in [5.41, 5.74) is 1.32. The van der Waals surface area contributed by atoms with Crippen LogP contribution >= 0.6 is 0 Å². The van der Waals surface area contributed by atoms with Gasteiger partial charge < -0.3 is 24.6 Å². The number of methoxy groups -OCH3 is 1. The Hall–Kier alpha value is -7.70. The first-order chi connectivity index (χ1) is 36.7. The summed E-state index contributed by atoms with van der Waals surface area (Å²) in [6, 6.07) is 20.0. The van der Waals surface area contributed by atoms with Crippen LogP contribution in [-0.2, 0) is 77.6 Å². The number of anilines is 1. The van der Waals surface area contributed by atoms with Gasteiger partial charge in [-0.05, 0) is 78.6 Å². The molecule has 418 valence electrons. The van der Waals surface area contributed by atoms with Gasteiger partial charge in [0.05, 0.1) is 49.0 Å². The Labute approximate surface area is 446 Å². The van der Waals surface area contributed by atoms with E-state index in [1.165, 1.54) is 55.6 Å². The topological polar surface area (TPSA) is 414 Å². The van der Waals surface area contributed by atoms with Crippen LogP contribution in [0.25, 0.3) is 0 Å². The quantitative estimate of drug-likeness (QED) is 0.0270. The van der Waals surface area contributed by atoms with Crippen LogP contribution in [0.5, 0.6) is 17.2 Å². The third-order valence-corrected chi connectivity index (χ3v) is 12.3. The third-order valence-electron chi connectivity index (χ3n) is 9.71. The molecule has 0 aliphatic rings. The second-order valence-electron chi connectivity index (χ2n) is 15.4. The van der Waals surface area contributed by atoms with Gasteiger partial charge in [0.2, 0.25) is 5.95 Å². The molecule has 0 radical (unpaired) electrons. The van der Waals surface area contributed by atoms with E-state index in [4.69, 9.17) is 39.5 Å². The Morgan fingerprint density at radius 2 is 1.09 bits per heavy atom. The minimum absolute atomic E-state index is 0.0101. The molecule has 34 heteroatoms. The molecule has 0 unspecified atom stereocenters. The minimum Gasteiger partial charge on any atom is -0.495 e. The summed E-state index contributed by atoms with van der Waals surface area (Å²) in [5.74, 6) is -2.34. The molecule has 5 N–H and O–H groups in total. The summed E-state index contributed by atoms with van der Waals surface area (Å²) in [7, 11) is -18.6. The fraction of sp³-hybridized carbons (Fsp3) is 0.250. The molecule has 0 atom stereocenters. The van der Waals surface area contributed by atoms with Gasteiger partial charge in [-0.3, -0.25) is 13.7 Å². The van der Waals surface area contributed by atoms with Crippen molar-refractivity contribution in [1.29, 1.82) is 0 Å². The highest BCUT2D eigenvalue weighted by Crippen LogP contribution is 2.35. The molecule has 0 saturated carbocycles. The predicted molar refractivity (Wildman–Crippen MR) is 267 cm³/mol. The van der Waals surface area contributed by atoms with Gasteiger partial charge in [-0.15, -0.1) is 35.5 Å². The van der Waals surface area contributed by atoms with Crippen molar-refractivity contribution in [2.45, 2.75) is 55.5 Å². The zero-order valence-electron chi connectivity index (χ0n) is 40.4. The molecular weight excluding hydrogens is 1140 g/mol. The average Bonchev–Trinajstić information content (AvgIpc) is 3.36. The van der Waals surface area contributed by atoms with Gasteiger partial charge in [-0.1, -0.05) is 31.2 Å². The molecule has 27 nitrogen and oxygen atoms in total. The number of nitrogens with zero attached hydrogens (tertiary/aromatic N) is 7. The van der Waals surface area contributed by atoms with Crippen molar-refractivity contribution in [2.24, 2.45) is 20.5 Å². The average molecular weight is 1190 g/mol. The van der Waals surface area contributed by atoms with Gasteiger partial charge >= 0.3 is 21.2 Å². The van der Waals surface area contributed by atoms with E-state index in [1.807, 2.05) is 6.92 Å². The lowest BCUT2D eigenvalue weighted by atomic mass is 10.1. The Balaban J connectivity index is 0.00000153. The van der Waals surface area contributed by atoms with E-state index in [0.717, 1.165) is 18.2 Å². The molecule has 0 amide bonds. The zero-order chi connectivity index (χ0) is 57.8. The smallest absolute Gasteiger partial charge is 0.425 e. The number of aromatic nitrogens is 3. The minimum atomic E-state index is -4.76. The van der Waals surface area contributed by atoms with Gasteiger partial charge in [0, 0.05) is 42.6 Å². The summed E-state index contributed by atoms with van der Waals surface area (Å²) in [6.45, 7) is 1.67. The number of rotatable bonds is 23. The van der Waals surface area contributed by atoms with Gasteiger partial charge in [-0.25, -0.2) is 13.8 Å². The molecule has 0 aliphatic heterocycles. The van der Waals surface area contributed by atoms with Crippen LogP contribution in [0, 0.1) is 11.6 Å². The normalized spacial score (nSPS) is 11.5. The molecule has 6 rings (SSSR count). The molecule has 78 heavy (non-hydrogen) atoms. The van der Waals surface area contributed by atoms with Crippen molar-refractivity contribution in [3.8, 4) is 17.2 Å². The number of aliphatic hydroxyl groups excluding tert-OH is 1. The fourth-order valence-electron chi connectivity index (χ4n) is 6.33. The summed E-state index contributed by atoms with van der Waals surface area (Å²) >= 11 is 0. The maximum absolute atomic E-state index is 16.0. The largest absolute Gasteiger partial charge is 0.495 e. The number of ether oxygens (including phenoxy) is 3. The van der Waals surface area contributed by atoms with Crippen molar-refractivity contribution < 1.29 is 92.3 Å². The van der Waals surface area contributed by atoms with Gasteiger partial charge in [0.25, 0.3) is 30.4 Å². The van der Waals surface area contributed by atoms with Crippen molar-refractivity contribution in [1.82, 2.24) is 15.0 Å². The number of nitrogens with one attached hydrogen (secondary N) is 1. The zero-order valence-corrected chi connectivity index (χ0v) is 44.4. The third kappa shape index (κ3) is 21.4. The van der Waals surface area contributed by atoms with Crippen LogP contribution < -0.4 is 19.5 Å². The van der Waals surface area contributed by atoms with E-state index >= 15 is 8.78 Å². The Morgan fingerprint density at radius 1 is 0.603 bits per heavy atom. The molecule has 5 aromatic carbocycles. The lowest BCUT2D eigenvalue weighted by Gasteiger charge is -2.15. The standard InChI is InChI=1S/C44H44F2N8O13S3.2O3S/c1-3-15-66-39-23-36(53-51-31-9-5-28(26-55)6-10-31)34(45)18-29(39)20-42-48-43(50-44(49-42)47-25-27-7-12-33(13-8-27)69(59,60)61)21-30-19-35(46)37(24-40(30)67-16-4-17-68(56,57)58)54-52-32-11-14-38(65-2)41(22-32)70(62,63)64;2*1-4(2)3/h5-14,18-19,22-24,55H,3-4,15-17,20-21,25-26H2,1-2H3,(H,56,57,58)(H,59,60,61)(H,62,63,64)(H,47,48,49,50);;. The molecular formula is C44H44F2N8O19S5. The van der Waals surface area contributed by atoms with Crippen LogP contribution in [-0.4, -0.2) is 110 Å². The Morgan fingerprint density at radius 3 is 1.55 bits per heavy atom. The molecule has 1 aromatic heterocycles. The van der Waals surface area contributed by atoms with Crippen LogP contribution in [0.4, 0.5) is 37.5 Å². The molecule has 0 spiro atoms. The highest BCUT2D eigenvalue weighted by molar-refractivity contribution is 7.86. The highest BCUT2D eigenvalue weighted by atomic mass is 32.2. The van der Waals surface area contributed by atoms with Crippen LogP contribution in [0.1, 0.15) is 53.7 Å². The predicted octanol–water partition coefficient (Wildman–Crippen LogP) is 6.21. The first-order valence-electron chi connectivity index (χ1n) is 21.8. The summed E-state index contributed by atoms with van der Waals surface area (Å²) in [4.78, 5) is 12.7. The number of hydrogen-bond acceptors (Lipinski definition) is 24. The number of hydrogen-bond donors (Lipinski definition) is 5. The van der Waals surface area contributed by atoms with Crippen molar-refractivity contribution in [3.63, 3.8) is 0 Å². The molecule has 0 aliphatic carbocycles. The Kier molecular flexibility index (Phi) is 23.5. The second kappa shape index (κ2) is 29.2. The van der Waals surface area contributed by atoms with E-state index < -0.39 is 79.5 Å². The second-order valence-corrected chi connectivity index (χ2v) is 20.6. The van der Waals surface area contributed by atoms with E-state index in [1.54, 1.807) is 24.3 Å². The Bertz CT molecular complexity index is 3700. The van der Waals surface area contributed by atoms with Crippen LogP contribution in [0.15, 0.2) is 121 Å². The van der Waals surface area contributed by atoms with Crippen molar-refractivity contribution >= 4 is 80.3 Å². The van der Waals surface area contributed by atoms with E-state index in [-0.39, 0.29) is 102 Å². The number of azo groups is 2. The van der Waals surface area contributed by atoms with Crippen molar-refractivity contribution in [2.75, 3.05) is 31.4 Å². The SMILES string of the molecule is CCCOc1cc(N=Nc2ccc(CO)cc2)c(F)cc1Cc1nc(Cc2cc(F)c(N=Nc3ccc(OC)c(S(=O)(=O)O)c3)cc2OCCCS(=O)(=O)O)nc(NCc2ccc(S(=O)(=O)O)cc2)n1.O=S(=O)=O.O=S(=O)=O. The lowest BCUT2D eigenvalue weighted by Crippen LogP contribution is -2.12. The molecule has 0 bridgehead atoms. The monoisotopic (exact) mass is 1190 g/mol. The number of benzene rings is 5. The van der Waals surface area contributed by atoms with Gasteiger partial charge in [0.15, 0.2) is 11.6 Å². The first-order valence-corrected chi connectivity index (χ1v) is 28.3. The van der Waals surface area contributed by atoms with E-state index in [2.05, 4.69) is 40.7 Å². The van der Waals surface area contributed by atoms with Crippen LogP contribution in [0.2, 0.25) is 0 Å². The van der Waals surface area contributed by atoms with Crippen LogP contribution in [0.3, 0.4) is 0 Å². The summed E-state index contributed by atoms with van der Waals surface area (Å²) < 4.78 is 198. The maximum Gasteiger partial charge on any atom is 0.425 e. The molecule has 0 saturated heterocycles. The lowest BCUT2D eigenvalue weighted by molar-refractivity contribution is 0.282. The summed E-state index contributed by atoms with van der Waals surface area (Å²) in [5, 5.41) is 28.4.